The van der Waals surface area contributed by atoms with Gasteiger partial charge in [0.1, 0.15) is 0 Å². The zero-order valence-corrected chi connectivity index (χ0v) is 14.5. The van der Waals surface area contributed by atoms with Gasteiger partial charge in [0.05, 0.1) is 22.4 Å². The van der Waals surface area contributed by atoms with E-state index in [1.165, 1.54) is 24.3 Å². The molecule has 0 bridgehead atoms. The molecule has 136 valence electrons. The molecule has 1 aliphatic carbocycles. The van der Waals surface area contributed by atoms with Crippen LogP contribution in [0.1, 0.15) is 56.8 Å². The number of imide groups is 1. The van der Waals surface area contributed by atoms with Crippen molar-refractivity contribution in [3.05, 3.63) is 65.2 Å². The average Bonchev–Trinajstić information content (AvgIpc) is 2.95. The van der Waals surface area contributed by atoms with Gasteiger partial charge in [0.15, 0.2) is 11.9 Å². The molecule has 27 heavy (non-hydrogen) atoms. The van der Waals surface area contributed by atoms with Crippen molar-refractivity contribution >= 4 is 29.3 Å². The number of ether oxygens (including phenoxy) is 1. The zero-order chi connectivity index (χ0) is 19.0. The van der Waals surface area contributed by atoms with Gasteiger partial charge in [0.25, 0.3) is 11.8 Å². The molecule has 4 rings (SSSR count). The SMILES string of the molecule is O=C(OC1CCCCC1=O)c1ccc(N2C(=O)c3ccccc3C2=O)cc1. The topological polar surface area (TPSA) is 80.8 Å². The minimum absolute atomic E-state index is 0.0442. The highest BCUT2D eigenvalue weighted by molar-refractivity contribution is 6.34. The summed E-state index contributed by atoms with van der Waals surface area (Å²) < 4.78 is 5.31. The van der Waals surface area contributed by atoms with Crippen LogP contribution in [0.25, 0.3) is 0 Å². The summed E-state index contributed by atoms with van der Waals surface area (Å²) in [6.07, 6.45) is 2.01. The fraction of sp³-hybridized carbons (Fsp3) is 0.238. The Bertz CT molecular complexity index is 912. The van der Waals surface area contributed by atoms with Crippen LogP contribution in [0.5, 0.6) is 0 Å². The maximum atomic E-state index is 12.5. The van der Waals surface area contributed by atoms with Crippen molar-refractivity contribution in [1.29, 1.82) is 0 Å². The summed E-state index contributed by atoms with van der Waals surface area (Å²) in [7, 11) is 0. The lowest BCUT2D eigenvalue weighted by Gasteiger charge is -2.20. The second kappa shape index (κ2) is 6.79. The molecular formula is C21H17NO5. The van der Waals surface area contributed by atoms with Gasteiger partial charge in [-0.3, -0.25) is 14.4 Å². The molecule has 0 N–H and O–H groups in total. The van der Waals surface area contributed by atoms with E-state index >= 15 is 0 Å². The molecule has 2 aromatic rings. The standard InChI is InChI=1S/C21H17NO5/c23-17-7-3-4-8-18(17)27-21(26)13-9-11-14(12-10-13)22-19(24)15-5-1-2-6-16(15)20(22)25/h1-2,5-6,9-12,18H,3-4,7-8H2. The van der Waals surface area contributed by atoms with Crippen molar-refractivity contribution in [3.63, 3.8) is 0 Å². The Morgan fingerprint density at radius 1 is 0.889 bits per heavy atom. The van der Waals surface area contributed by atoms with Gasteiger partial charge in [0, 0.05) is 6.42 Å². The summed E-state index contributed by atoms with van der Waals surface area (Å²) in [5.41, 5.74) is 1.38. The van der Waals surface area contributed by atoms with Crippen LogP contribution in [-0.2, 0) is 9.53 Å². The maximum Gasteiger partial charge on any atom is 0.338 e. The highest BCUT2D eigenvalue weighted by Crippen LogP contribution is 2.28. The number of amides is 2. The summed E-state index contributed by atoms with van der Waals surface area (Å²) >= 11 is 0. The Morgan fingerprint density at radius 3 is 2.11 bits per heavy atom. The molecule has 0 radical (unpaired) electrons. The number of ketones is 1. The minimum atomic E-state index is -0.679. The van der Waals surface area contributed by atoms with Crippen LogP contribution in [0.15, 0.2) is 48.5 Å². The van der Waals surface area contributed by atoms with Gasteiger partial charge in [-0.1, -0.05) is 12.1 Å². The van der Waals surface area contributed by atoms with Crippen LogP contribution in [0.4, 0.5) is 5.69 Å². The highest BCUT2D eigenvalue weighted by Gasteiger charge is 2.36. The Hall–Kier alpha value is -3.28. The van der Waals surface area contributed by atoms with Gasteiger partial charge >= 0.3 is 5.97 Å². The lowest BCUT2D eigenvalue weighted by Crippen LogP contribution is -2.30. The highest BCUT2D eigenvalue weighted by atomic mass is 16.5. The summed E-state index contributed by atoms with van der Waals surface area (Å²) in [6, 6.07) is 12.7. The van der Waals surface area contributed by atoms with Gasteiger partial charge in [-0.25, -0.2) is 9.69 Å². The van der Waals surface area contributed by atoms with Gasteiger partial charge in [-0.05, 0) is 55.7 Å². The minimum Gasteiger partial charge on any atom is -0.451 e. The summed E-state index contributed by atoms with van der Waals surface area (Å²) in [5.74, 6) is -1.40. The van der Waals surface area contributed by atoms with E-state index < -0.39 is 23.9 Å². The van der Waals surface area contributed by atoms with E-state index in [2.05, 4.69) is 0 Å². The molecule has 1 saturated carbocycles. The molecule has 2 aromatic carbocycles. The Labute approximate surface area is 155 Å². The Balaban J connectivity index is 1.51. The smallest absolute Gasteiger partial charge is 0.338 e. The first-order valence-electron chi connectivity index (χ1n) is 8.88. The summed E-state index contributed by atoms with van der Waals surface area (Å²) in [5, 5.41) is 0. The molecule has 1 atom stereocenters. The normalized spacial score (nSPS) is 19.2. The quantitative estimate of drug-likeness (QED) is 0.618. The van der Waals surface area contributed by atoms with Crippen LogP contribution in [0.3, 0.4) is 0 Å². The van der Waals surface area contributed by atoms with Crippen LogP contribution in [0.2, 0.25) is 0 Å². The van der Waals surface area contributed by atoms with E-state index in [-0.39, 0.29) is 11.3 Å². The fourth-order valence-electron chi connectivity index (χ4n) is 3.44. The molecule has 1 fully saturated rings. The number of carbonyl (C=O) groups excluding carboxylic acids is 4. The Morgan fingerprint density at radius 2 is 1.52 bits per heavy atom. The van der Waals surface area contributed by atoms with E-state index in [0.717, 1.165) is 17.7 Å². The van der Waals surface area contributed by atoms with Crippen molar-refractivity contribution in [2.75, 3.05) is 4.90 Å². The molecular weight excluding hydrogens is 346 g/mol. The molecule has 6 nitrogen and oxygen atoms in total. The predicted molar refractivity (Wildman–Crippen MR) is 96.7 cm³/mol. The summed E-state index contributed by atoms with van der Waals surface area (Å²) in [6.45, 7) is 0. The first kappa shape index (κ1) is 17.1. The third-order valence-electron chi connectivity index (χ3n) is 4.90. The molecule has 2 aliphatic rings. The Kier molecular flexibility index (Phi) is 4.32. The van der Waals surface area contributed by atoms with E-state index in [0.29, 0.717) is 29.7 Å². The lowest BCUT2D eigenvalue weighted by atomic mass is 9.96. The largest absolute Gasteiger partial charge is 0.451 e. The van der Waals surface area contributed by atoms with Crippen LogP contribution in [0, 0.1) is 0 Å². The van der Waals surface area contributed by atoms with E-state index in [9.17, 15) is 19.2 Å². The number of hydrogen-bond acceptors (Lipinski definition) is 5. The second-order valence-electron chi connectivity index (χ2n) is 6.64. The second-order valence-corrected chi connectivity index (χ2v) is 6.64. The number of carbonyl (C=O) groups is 4. The molecule has 1 unspecified atom stereocenters. The van der Waals surface area contributed by atoms with E-state index in [4.69, 9.17) is 4.74 Å². The van der Waals surface area contributed by atoms with Crippen molar-refractivity contribution in [1.82, 2.24) is 0 Å². The number of nitrogens with zero attached hydrogens (tertiary/aromatic N) is 1. The first-order chi connectivity index (χ1) is 13.1. The molecule has 0 aromatic heterocycles. The van der Waals surface area contributed by atoms with Crippen molar-refractivity contribution < 1.29 is 23.9 Å². The van der Waals surface area contributed by atoms with Crippen molar-refractivity contribution in [2.24, 2.45) is 0 Å². The van der Waals surface area contributed by atoms with Gasteiger partial charge in [-0.15, -0.1) is 0 Å². The average molecular weight is 363 g/mol. The van der Waals surface area contributed by atoms with Crippen LogP contribution < -0.4 is 4.90 Å². The monoisotopic (exact) mass is 363 g/mol. The van der Waals surface area contributed by atoms with Crippen molar-refractivity contribution in [3.8, 4) is 0 Å². The maximum absolute atomic E-state index is 12.5. The first-order valence-corrected chi connectivity index (χ1v) is 8.88. The van der Waals surface area contributed by atoms with Crippen molar-refractivity contribution in [2.45, 2.75) is 31.8 Å². The number of benzene rings is 2. The molecule has 1 aliphatic heterocycles. The van der Waals surface area contributed by atoms with Gasteiger partial charge in [0.2, 0.25) is 0 Å². The number of fused-ring (bicyclic) bond motifs is 1. The predicted octanol–water partition coefficient (Wildman–Crippen LogP) is 3.16. The van der Waals surface area contributed by atoms with E-state index in [1.54, 1.807) is 24.3 Å². The molecule has 0 saturated heterocycles. The van der Waals surface area contributed by atoms with E-state index in [1.807, 2.05) is 0 Å². The number of rotatable bonds is 3. The fourth-order valence-corrected chi connectivity index (χ4v) is 3.44. The zero-order valence-electron chi connectivity index (χ0n) is 14.5. The van der Waals surface area contributed by atoms with Gasteiger partial charge < -0.3 is 4.74 Å². The number of esters is 1. The third kappa shape index (κ3) is 3.03. The molecule has 2 amide bonds. The molecule has 0 spiro atoms. The van der Waals surface area contributed by atoms with Crippen LogP contribution >= 0.6 is 0 Å². The lowest BCUT2D eigenvalue weighted by molar-refractivity contribution is -0.129. The number of anilines is 1. The molecule has 6 heteroatoms. The number of Topliss-reactive ketones (excluding diaryl/α,β-unsaturated/α-hetero) is 1. The molecule has 1 heterocycles. The summed E-state index contributed by atoms with van der Waals surface area (Å²) in [4.78, 5) is 50.2. The van der Waals surface area contributed by atoms with Crippen LogP contribution in [-0.4, -0.2) is 29.7 Å². The third-order valence-corrected chi connectivity index (χ3v) is 4.90. The van der Waals surface area contributed by atoms with Gasteiger partial charge in [-0.2, -0.15) is 0 Å². The number of hydrogen-bond donors (Lipinski definition) is 0.